The highest BCUT2D eigenvalue weighted by Crippen LogP contribution is 2.60. The van der Waals surface area contributed by atoms with Gasteiger partial charge in [0.05, 0.1) is 13.2 Å². The average molecular weight is 385 g/mol. The summed E-state index contributed by atoms with van der Waals surface area (Å²) >= 11 is 6.13. The Hall–Kier alpha value is -1.36. The van der Waals surface area contributed by atoms with E-state index in [1.54, 1.807) is 44.2 Å². The maximum atomic E-state index is 12.8. The molecule has 0 spiro atoms. The smallest absolute Gasteiger partial charge is 0.363 e. The van der Waals surface area contributed by atoms with Gasteiger partial charge in [-0.3, -0.25) is 4.57 Å². The standard InChI is InChI=1S/C18H22ClO5P/c1-3-23-25(21,24-4-2)18(20)15-10-6-8-12-17(15)22-13-14-9-5-7-11-16(14)19/h5-12,18,20H,3-4,13H2,1-2H3. The van der Waals surface area contributed by atoms with Crippen LogP contribution in [0.5, 0.6) is 5.75 Å². The number of halogens is 1. The van der Waals surface area contributed by atoms with Crippen molar-refractivity contribution in [3.63, 3.8) is 0 Å². The molecule has 2 rings (SSSR count). The number of hydrogen-bond donors (Lipinski definition) is 1. The van der Waals surface area contributed by atoms with Gasteiger partial charge in [0.15, 0.2) is 5.85 Å². The molecular weight excluding hydrogens is 363 g/mol. The number of ether oxygens (including phenoxy) is 1. The summed E-state index contributed by atoms with van der Waals surface area (Å²) in [5.41, 5.74) is 1.16. The van der Waals surface area contributed by atoms with E-state index in [0.29, 0.717) is 16.3 Å². The number of para-hydroxylation sites is 1. The summed E-state index contributed by atoms with van der Waals surface area (Å²) in [5, 5.41) is 11.2. The molecule has 25 heavy (non-hydrogen) atoms. The van der Waals surface area contributed by atoms with E-state index in [9.17, 15) is 9.67 Å². The van der Waals surface area contributed by atoms with Gasteiger partial charge in [-0.05, 0) is 26.0 Å². The quantitative estimate of drug-likeness (QED) is 0.604. The third kappa shape index (κ3) is 5.06. The van der Waals surface area contributed by atoms with Crippen LogP contribution in [0.4, 0.5) is 0 Å². The van der Waals surface area contributed by atoms with Gasteiger partial charge in [-0.1, -0.05) is 48.0 Å². The van der Waals surface area contributed by atoms with Crippen molar-refractivity contribution in [2.45, 2.75) is 26.3 Å². The van der Waals surface area contributed by atoms with Crippen molar-refractivity contribution in [1.29, 1.82) is 0 Å². The molecular formula is C18H22ClO5P. The highest BCUT2D eigenvalue weighted by Gasteiger charge is 2.37. The number of aliphatic hydroxyl groups excluding tert-OH is 1. The maximum Gasteiger partial charge on any atom is 0.363 e. The molecule has 1 unspecified atom stereocenters. The van der Waals surface area contributed by atoms with E-state index in [2.05, 4.69) is 0 Å². The predicted molar refractivity (Wildman–Crippen MR) is 98.0 cm³/mol. The minimum absolute atomic E-state index is 0.164. The van der Waals surface area contributed by atoms with Gasteiger partial charge < -0.3 is 18.9 Å². The van der Waals surface area contributed by atoms with Crippen LogP contribution in [0.1, 0.15) is 30.8 Å². The Labute approximate surface area is 153 Å². The van der Waals surface area contributed by atoms with Crippen LogP contribution in [0.25, 0.3) is 0 Å². The first-order valence-corrected chi connectivity index (χ1v) is 10.0. The minimum atomic E-state index is -3.71. The molecule has 7 heteroatoms. The SMILES string of the molecule is CCOP(=O)(OCC)C(O)c1ccccc1OCc1ccccc1Cl. The summed E-state index contributed by atoms with van der Waals surface area (Å²) in [6.45, 7) is 3.93. The van der Waals surface area contributed by atoms with E-state index >= 15 is 0 Å². The Bertz CT molecular complexity index is 727. The lowest BCUT2D eigenvalue weighted by Gasteiger charge is -2.24. The zero-order valence-electron chi connectivity index (χ0n) is 14.2. The fourth-order valence-electron chi connectivity index (χ4n) is 2.30. The molecule has 0 aliphatic rings. The van der Waals surface area contributed by atoms with E-state index < -0.39 is 13.4 Å². The molecule has 0 bridgehead atoms. The molecule has 0 aliphatic carbocycles. The van der Waals surface area contributed by atoms with Gasteiger partial charge in [0.25, 0.3) is 0 Å². The normalized spacial score (nSPS) is 12.8. The summed E-state index contributed by atoms with van der Waals surface area (Å²) in [6.07, 6.45) is 0. The van der Waals surface area contributed by atoms with Crippen LogP contribution >= 0.6 is 19.2 Å². The van der Waals surface area contributed by atoms with E-state index in [-0.39, 0.29) is 19.8 Å². The van der Waals surface area contributed by atoms with Crippen LogP contribution < -0.4 is 4.74 Å². The molecule has 0 amide bonds. The van der Waals surface area contributed by atoms with Gasteiger partial charge in [-0.15, -0.1) is 0 Å². The molecule has 136 valence electrons. The molecule has 0 saturated carbocycles. The second-order valence-electron chi connectivity index (χ2n) is 5.17. The van der Waals surface area contributed by atoms with E-state index in [1.165, 1.54) is 0 Å². The predicted octanol–water partition coefficient (Wildman–Crippen LogP) is 5.18. The van der Waals surface area contributed by atoms with Crippen molar-refractivity contribution in [2.24, 2.45) is 0 Å². The van der Waals surface area contributed by atoms with Crippen LogP contribution in [-0.4, -0.2) is 18.3 Å². The van der Waals surface area contributed by atoms with Gasteiger partial charge in [0, 0.05) is 16.1 Å². The number of aliphatic hydroxyl groups is 1. The first-order valence-electron chi connectivity index (χ1n) is 8.03. The Morgan fingerprint density at radius 3 is 2.28 bits per heavy atom. The van der Waals surface area contributed by atoms with E-state index in [4.69, 9.17) is 25.4 Å². The Morgan fingerprint density at radius 2 is 1.64 bits per heavy atom. The molecule has 0 heterocycles. The van der Waals surface area contributed by atoms with Crippen molar-refractivity contribution < 1.29 is 23.5 Å². The maximum absolute atomic E-state index is 12.8. The largest absolute Gasteiger partial charge is 0.488 e. The first kappa shape index (κ1) is 20.0. The molecule has 0 aliphatic heterocycles. The zero-order chi connectivity index (χ0) is 18.3. The van der Waals surface area contributed by atoms with Crippen molar-refractivity contribution >= 4 is 19.2 Å². The zero-order valence-corrected chi connectivity index (χ0v) is 15.9. The van der Waals surface area contributed by atoms with Crippen LogP contribution in [0.15, 0.2) is 48.5 Å². The van der Waals surface area contributed by atoms with Gasteiger partial charge in [0.1, 0.15) is 12.4 Å². The van der Waals surface area contributed by atoms with E-state index in [0.717, 1.165) is 5.56 Å². The average Bonchev–Trinajstić information content (AvgIpc) is 2.61. The lowest BCUT2D eigenvalue weighted by Crippen LogP contribution is -2.08. The van der Waals surface area contributed by atoms with Crippen LogP contribution in [-0.2, 0) is 20.2 Å². The van der Waals surface area contributed by atoms with Crippen LogP contribution in [0, 0.1) is 0 Å². The van der Waals surface area contributed by atoms with Gasteiger partial charge >= 0.3 is 7.60 Å². The molecule has 0 radical (unpaired) electrons. The molecule has 2 aromatic carbocycles. The highest BCUT2D eigenvalue weighted by molar-refractivity contribution is 7.54. The van der Waals surface area contributed by atoms with Crippen molar-refractivity contribution in [3.05, 3.63) is 64.7 Å². The lowest BCUT2D eigenvalue weighted by atomic mass is 10.2. The molecule has 0 saturated heterocycles. The van der Waals surface area contributed by atoms with Crippen LogP contribution in [0.3, 0.4) is 0 Å². The number of benzene rings is 2. The molecule has 2 aromatic rings. The minimum Gasteiger partial charge on any atom is -0.488 e. The summed E-state index contributed by atoms with van der Waals surface area (Å²) in [6, 6.07) is 14.2. The van der Waals surface area contributed by atoms with E-state index in [1.807, 2.05) is 18.2 Å². The third-order valence-electron chi connectivity index (χ3n) is 3.46. The number of rotatable bonds is 9. The topological polar surface area (TPSA) is 65.0 Å². The third-order valence-corrected chi connectivity index (χ3v) is 5.94. The van der Waals surface area contributed by atoms with Gasteiger partial charge in [-0.2, -0.15) is 0 Å². The molecule has 0 fully saturated rings. The molecule has 5 nitrogen and oxygen atoms in total. The van der Waals surface area contributed by atoms with Crippen LogP contribution in [0.2, 0.25) is 5.02 Å². The van der Waals surface area contributed by atoms with Gasteiger partial charge in [-0.25, -0.2) is 0 Å². The Balaban J connectivity index is 2.24. The first-order chi connectivity index (χ1) is 12.0. The Morgan fingerprint density at radius 1 is 1.04 bits per heavy atom. The molecule has 0 aromatic heterocycles. The molecule has 1 N–H and O–H groups in total. The fourth-order valence-corrected chi connectivity index (χ4v) is 4.13. The van der Waals surface area contributed by atoms with Gasteiger partial charge in [0.2, 0.25) is 0 Å². The summed E-state index contributed by atoms with van der Waals surface area (Å²) in [7, 11) is -3.71. The van der Waals surface area contributed by atoms with Crippen molar-refractivity contribution in [3.8, 4) is 5.75 Å². The number of hydrogen-bond acceptors (Lipinski definition) is 5. The summed E-state index contributed by atoms with van der Waals surface area (Å²) in [4.78, 5) is 0. The summed E-state index contributed by atoms with van der Waals surface area (Å²) < 4.78 is 29.1. The van der Waals surface area contributed by atoms with Crippen molar-refractivity contribution in [1.82, 2.24) is 0 Å². The monoisotopic (exact) mass is 384 g/mol. The second-order valence-corrected chi connectivity index (χ2v) is 7.66. The summed E-state index contributed by atoms with van der Waals surface area (Å²) in [5.74, 6) is -1.04. The lowest BCUT2D eigenvalue weighted by molar-refractivity contribution is 0.147. The highest BCUT2D eigenvalue weighted by atomic mass is 35.5. The molecule has 1 atom stereocenters. The fraction of sp³-hybridized carbons (Fsp3) is 0.333. The van der Waals surface area contributed by atoms with Crippen molar-refractivity contribution in [2.75, 3.05) is 13.2 Å². The Kier molecular flexibility index (Phi) is 7.48. The second kappa shape index (κ2) is 9.37.